The summed E-state index contributed by atoms with van der Waals surface area (Å²) in [6.45, 7) is 3.84. The van der Waals surface area contributed by atoms with E-state index in [1.807, 2.05) is 26.0 Å². The molecule has 33 heavy (non-hydrogen) atoms. The molecule has 0 atom stereocenters. The fourth-order valence-corrected chi connectivity index (χ4v) is 4.01. The Labute approximate surface area is 197 Å². The van der Waals surface area contributed by atoms with Crippen molar-refractivity contribution < 1.29 is 19.1 Å². The summed E-state index contributed by atoms with van der Waals surface area (Å²) in [5, 5.41) is 3.51. The maximum Gasteiger partial charge on any atom is 0.282 e. The van der Waals surface area contributed by atoms with Gasteiger partial charge in [-0.2, -0.15) is 0 Å². The number of carbonyl (C=O) groups excluding carboxylic acids is 2. The Kier molecular flexibility index (Phi) is 6.11. The number of rotatable bonds is 6. The number of aryl methyl sites for hydroxylation is 1. The molecule has 6 nitrogen and oxygen atoms in total. The van der Waals surface area contributed by atoms with Gasteiger partial charge in [-0.3, -0.25) is 9.59 Å². The molecule has 0 saturated carbocycles. The second kappa shape index (κ2) is 9.00. The Morgan fingerprint density at radius 1 is 0.879 bits per heavy atom. The van der Waals surface area contributed by atoms with E-state index in [-0.39, 0.29) is 11.3 Å². The van der Waals surface area contributed by atoms with Gasteiger partial charge >= 0.3 is 0 Å². The van der Waals surface area contributed by atoms with Gasteiger partial charge in [-0.25, -0.2) is 4.90 Å². The first kappa shape index (κ1) is 22.4. The number of carbonyl (C=O) groups is 2. The summed E-state index contributed by atoms with van der Waals surface area (Å²) < 4.78 is 10.4. The number of anilines is 2. The number of nitrogens with zero attached hydrogens (tertiary/aromatic N) is 1. The lowest BCUT2D eigenvalue weighted by atomic mass is 10.0. The van der Waals surface area contributed by atoms with Crippen LogP contribution in [-0.4, -0.2) is 26.0 Å². The lowest BCUT2D eigenvalue weighted by Crippen LogP contribution is -2.33. The molecule has 0 bridgehead atoms. The molecule has 0 radical (unpaired) electrons. The Hall–Kier alpha value is -3.77. The van der Waals surface area contributed by atoms with E-state index >= 15 is 0 Å². The van der Waals surface area contributed by atoms with Crippen LogP contribution in [-0.2, 0) is 9.59 Å². The number of amides is 2. The van der Waals surface area contributed by atoms with Crippen LogP contribution in [0.25, 0.3) is 5.57 Å². The Balaban J connectivity index is 1.83. The van der Waals surface area contributed by atoms with Gasteiger partial charge < -0.3 is 14.8 Å². The number of ether oxygens (including phenoxy) is 2. The number of hydrogen-bond acceptors (Lipinski definition) is 5. The molecule has 2 amide bonds. The largest absolute Gasteiger partial charge is 0.497 e. The molecule has 0 saturated heterocycles. The van der Waals surface area contributed by atoms with Gasteiger partial charge in [0.05, 0.1) is 30.5 Å². The molecule has 1 aliphatic heterocycles. The van der Waals surface area contributed by atoms with Crippen LogP contribution < -0.4 is 19.7 Å². The smallest absolute Gasteiger partial charge is 0.282 e. The quantitative estimate of drug-likeness (QED) is 0.499. The van der Waals surface area contributed by atoms with E-state index in [4.69, 9.17) is 21.1 Å². The fraction of sp³-hybridized carbons (Fsp3) is 0.154. The van der Waals surface area contributed by atoms with Crippen molar-refractivity contribution in [2.45, 2.75) is 13.8 Å². The standard InChI is InChI=1S/C26H23ClN2O4/c1-15-6-5-7-21(16(15)2)29-25(30)23(17-8-11-19(32-3)12-9-17)24(26(29)31)28-18-10-13-22(33-4)20(27)14-18/h5-14,28H,1-4H3. The summed E-state index contributed by atoms with van der Waals surface area (Å²) in [5.74, 6) is 0.323. The highest BCUT2D eigenvalue weighted by atomic mass is 35.5. The molecule has 0 aliphatic carbocycles. The number of hydrogen-bond donors (Lipinski definition) is 1. The Morgan fingerprint density at radius 3 is 2.24 bits per heavy atom. The highest BCUT2D eigenvalue weighted by molar-refractivity contribution is 6.46. The van der Waals surface area contributed by atoms with Crippen LogP contribution in [0.2, 0.25) is 5.02 Å². The van der Waals surface area contributed by atoms with E-state index in [9.17, 15) is 9.59 Å². The van der Waals surface area contributed by atoms with Crippen LogP contribution in [0.3, 0.4) is 0 Å². The predicted octanol–water partition coefficient (Wildman–Crippen LogP) is 5.37. The molecular formula is C26H23ClN2O4. The van der Waals surface area contributed by atoms with Crippen molar-refractivity contribution in [2.24, 2.45) is 0 Å². The number of halogens is 1. The van der Waals surface area contributed by atoms with Crippen molar-refractivity contribution in [3.05, 3.63) is 88.1 Å². The van der Waals surface area contributed by atoms with Crippen molar-refractivity contribution in [3.63, 3.8) is 0 Å². The summed E-state index contributed by atoms with van der Waals surface area (Å²) in [6, 6.07) is 17.7. The molecule has 0 spiro atoms. The molecule has 1 N–H and O–H groups in total. The third kappa shape index (κ3) is 4.05. The molecule has 168 valence electrons. The highest BCUT2D eigenvalue weighted by Crippen LogP contribution is 2.37. The van der Waals surface area contributed by atoms with Gasteiger partial charge in [0, 0.05) is 5.69 Å². The van der Waals surface area contributed by atoms with Gasteiger partial charge in [0.15, 0.2) is 0 Å². The molecule has 0 fully saturated rings. The first-order valence-electron chi connectivity index (χ1n) is 10.3. The van der Waals surface area contributed by atoms with E-state index in [0.29, 0.717) is 33.5 Å². The molecule has 0 aromatic heterocycles. The van der Waals surface area contributed by atoms with Crippen LogP contribution in [0.5, 0.6) is 11.5 Å². The minimum absolute atomic E-state index is 0.173. The molecule has 7 heteroatoms. The molecular weight excluding hydrogens is 440 g/mol. The first-order valence-corrected chi connectivity index (χ1v) is 10.7. The highest BCUT2D eigenvalue weighted by Gasteiger charge is 2.41. The van der Waals surface area contributed by atoms with Crippen molar-refractivity contribution in [1.82, 2.24) is 0 Å². The first-order chi connectivity index (χ1) is 15.8. The molecule has 4 rings (SSSR count). The number of methoxy groups -OCH3 is 2. The molecule has 1 aliphatic rings. The SMILES string of the molecule is COc1ccc(C2=C(Nc3ccc(OC)c(Cl)c3)C(=O)N(c3cccc(C)c3C)C2=O)cc1. The van der Waals surface area contributed by atoms with Crippen LogP contribution in [0.4, 0.5) is 11.4 Å². The minimum atomic E-state index is -0.438. The summed E-state index contributed by atoms with van der Waals surface area (Å²) in [4.78, 5) is 28.5. The number of benzene rings is 3. The van der Waals surface area contributed by atoms with E-state index in [1.165, 1.54) is 12.0 Å². The average Bonchev–Trinajstić information content (AvgIpc) is 3.05. The second-order valence-electron chi connectivity index (χ2n) is 7.62. The summed E-state index contributed by atoms with van der Waals surface area (Å²) >= 11 is 6.27. The lowest BCUT2D eigenvalue weighted by Gasteiger charge is -2.19. The zero-order valence-corrected chi connectivity index (χ0v) is 19.5. The lowest BCUT2D eigenvalue weighted by molar-refractivity contribution is -0.120. The monoisotopic (exact) mass is 462 g/mol. The van der Waals surface area contributed by atoms with E-state index in [1.54, 1.807) is 55.6 Å². The van der Waals surface area contributed by atoms with Gasteiger partial charge in [-0.15, -0.1) is 0 Å². The summed E-state index contributed by atoms with van der Waals surface area (Å²) in [5.41, 5.74) is 4.02. The topological polar surface area (TPSA) is 67.9 Å². The van der Waals surface area contributed by atoms with Gasteiger partial charge in [0.2, 0.25) is 0 Å². The van der Waals surface area contributed by atoms with Crippen LogP contribution in [0.15, 0.2) is 66.4 Å². The number of imide groups is 1. The van der Waals surface area contributed by atoms with Crippen molar-refractivity contribution in [1.29, 1.82) is 0 Å². The zero-order valence-electron chi connectivity index (χ0n) is 18.7. The minimum Gasteiger partial charge on any atom is -0.497 e. The average molecular weight is 463 g/mol. The maximum absolute atomic E-state index is 13.6. The van der Waals surface area contributed by atoms with Gasteiger partial charge in [0.25, 0.3) is 11.8 Å². The molecule has 0 unspecified atom stereocenters. The van der Waals surface area contributed by atoms with Crippen molar-refractivity contribution >= 4 is 40.4 Å². The van der Waals surface area contributed by atoms with Crippen molar-refractivity contribution in [3.8, 4) is 11.5 Å². The number of nitrogens with one attached hydrogen (secondary N) is 1. The molecule has 3 aromatic rings. The maximum atomic E-state index is 13.6. The predicted molar refractivity (Wildman–Crippen MR) is 130 cm³/mol. The second-order valence-corrected chi connectivity index (χ2v) is 8.02. The third-order valence-corrected chi connectivity index (χ3v) is 6.00. The Morgan fingerprint density at radius 2 is 1.61 bits per heavy atom. The summed E-state index contributed by atoms with van der Waals surface area (Å²) in [7, 11) is 3.10. The third-order valence-electron chi connectivity index (χ3n) is 5.70. The summed E-state index contributed by atoms with van der Waals surface area (Å²) in [6.07, 6.45) is 0. The van der Waals surface area contributed by atoms with Crippen molar-refractivity contribution in [2.75, 3.05) is 24.4 Å². The zero-order chi connectivity index (χ0) is 23.7. The van der Waals surface area contributed by atoms with E-state index in [0.717, 1.165) is 11.1 Å². The van der Waals surface area contributed by atoms with Crippen LogP contribution >= 0.6 is 11.6 Å². The Bertz CT molecular complexity index is 1280. The van der Waals surface area contributed by atoms with Gasteiger partial charge in [0.1, 0.15) is 17.2 Å². The normalized spacial score (nSPS) is 13.5. The molecule has 3 aromatic carbocycles. The van der Waals surface area contributed by atoms with Gasteiger partial charge in [-0.1, -0.05) is 35.9 Å². The molecule has 1 heterocycles. The van der Waals surface area contributed by atoms with Gasteiger partial charge in [-0.05, 0) is 66.9 Å². The van der Waals surface area contributed by atoms with E-state index < -0.39 is 11.8 Å². The van der Waals surface area contributed by atoms with Crippen LogP contribution in [0.1, 0.15) is 16.7 Å². The van der Waals surface area contributed by atoms with E-state index in [2.05, 4.69) is 5.32 Å². The van der Waals surface area contributed by atoms with Crippen LogP contribution in [0, 0.1) is 13.8 Å². The fourth-order valence-electron chi connectivity index (χ4n) is 3.76.